The molecule has 82 valence electrons. The van der Waals surface area contributed by atoms with E-state index >= 15 is 0 Å². The first-order valence-corrected chi connectivity index (χ1v) is 6.10. The Hall–Kier alpha value is -0.540. The molecular weight excluding hydrogens is 254 g/mol. The van der Waals surface area contributed by atoms with E-state index in [0.29, 0.717) is 12.1 Å². The number of hydrogen-bond donors (Lipinski definition) is 1. The summed E-state index contributed by atoms with van der Waals surface area (Å²) in [6, 6.07) is 6.79. The molecule has 1 aromatic rings. The Morgan fingerprint density at radius 2 is 2.27 bits per heavy atom. The van der Waals surface area contributed by atoms with Gasteiger partial charge in [-0.1, -0.05) is 15.9 Å². The molecule has 2 rings (SSSR count). The van der Waals surface area contributed by atoms with Crippen LogP contribution in [0.2, 0.25) is 0 Å². The third kappa shape index (κ3) is 2.52. The molecule has 3 heteroatoms. The van der Waals surface area contributed by atoms with Crippen molar-refractivity contribution in [3.05, 3.63) is 28.2 Å². The summed E-state index contributed by atoms with van der Waals surface area (Å²) < 4.78 is 6.68. The molecule has 1 fully saturated rings. The summed E-state index contributed by atoms with van der Waals surface area (Å²) >= 11 is 3.50. The van der Waals surface area contributed by atoms with Crippen LogP contribution in [0.1, 0.15) is 18.9 Å². The van der Waals surface area contributed by atoms with Crippen LogP contribution in [0.5, 0.6) is 0 Å². The lowest BCUT2D eigenvalue weighted by molar-refractivity contribution is 0.121. The van der Waals surface area contributed by atoms with E-state index in [9.17, 15) is 0 Å². The number of nitrogens with one attached hydrogen (secondary N) is 1. The summed E-state index contributed by atoms with van der Waals surface area (Å²) in [6.07, 6.45) is 1.41. The molecule has 1 saturated heterocycles. The maximum Gasteiger partial charge on any atom is 0.0748 e. The maximum absolute atomic E-state index is 5.52. The van der Waals surface area contributed by atoms with Crippen LogP contribution in [0.15, 0.2) is 22.7 Å². The monoisotopic (exact) mass is 269 g/mol. The SMILES string of the molecule is Cc1cc(NC2CCOC2C)ccc1Br. The number of ether oxygens (including phenoxy) is 1. The number of benzene rings is 1. The second-order valence-electron chi connectivity index (χ2n) is 4.08. The molecule has 1 heterocycles. The maximum atomic E-state index is 5.52. The smallest absolute Gasteiger partial charge is 0.0748 e. The van der Waals surface area contributed by atoms with Crippen molar-refractivity contribution < 1.29 is 4.74 Å². The molecule has 0 saturated carbocycles. The van der Waals surface area contributed by atoms with Gasteiger partial charge in [0.05, 0.1) is 12.1 Å². The molecule has 0 bridgehead atoms. The second kappa shape index (κ2) is 4.54. The Balaban J connectivity index is 2.07. The van der Waals surface area contributed by atoms with Crippen LogP contribution in [0.4, 0.5) is 5.69 Å². The highest BCUT2D eigenvalue weighted by Crippen LogP contribution is 2.23. The van der Waals surface area contributed by atoms with E-state index in [1.807, 2.05) is 0 Å². The molecule has 2 nitrogen and oxygen atoms in total. The van der Waals surface area contributed by atoms with Crippen molar-refractivity contribution in [2.24, 2.45) is 0 Å². The van der Waals surface area contributed by atoms with Crippen molar-refractivity contribution in [2.45, 2.75) is 32.4 Å². The molecule has 2 atom stereocenters. The molecule has 0 aromatic heterocycles. The van der Waals surface area contributed by atoms with Crippen molar-refractivity contribution in [1.82, 2.24) is 0 Å². The van der Waals surface area contributed by atoms with Gasteiger partial charge < -0.3 is 10.1 Å². The second-order valence-corrected chi connectivity index (χ2v) is 4.93. The highest BCUT2D eigenvalue weighted by Gasteiger charge is 2.23. The van der Waals surface area contributed by atoms with Gasteiger partial charge in [0.1, 0.15) is 0 Å². The highest BCUT2D eigenvalue weighted by atomic mass is 79.9. The summed E-state index contributed by atoms with van der Waals surface area (Å²) in [5.74, 6) is 0. The Labute approximate surface area is 99.1 Å². The Kier molecular flexibility index (Phi) is 3.32. The zero-order chi connectivity index (χ0) is 10.8. The highest BCUT2D eigenvalue weighted by molar-refractivity contribution is 9.10. The van der Waals surface area contributed by atoms with Crippen molar-refractivity contribution in [3.63, 3.8) is 0 Å². The van der Waals surface area contributed by atoms with E-state index in [0.717, 1.165) is 17.5 Å². The van der Waals surface area contributed by atoms with Crippen molar-refractivity contribution >= 4 is 21.6 Å². The fourth-order valence-electron chi connectivity index (χ4n) is 1.87. The van der Waals surface area contributed by atoms with Crippen LogP contribution in [0.25, 0.3) is 0 Å². The summed E-state index contributed by atoms with van der Waals surface area (Å²) in [5, 5.41) is 3.51. The van der Waals surface area contributed by atoms with E-state index in [2.05, 4.69) is 53.3 Å². The molecule has 0 amide bonds. The van der Waals surface area contributed by atoms with Crippen LogP contribution < -0.4 is 5.32 Å². The van der Waals surface area contributed by atoms with Gasteiger partial charge in [-0.3, -0.25) is 0 Å². The number of hydrogen-bond acceptors (Lipinski definition) is 2. The van der Waals surface area contributed by atoms with Gasteiger partial charge in [0.15, 0.2) is 0 Å². The van der Waals surface area contributed by atoms with Gasteiger partial charge in [-0.15, -0.1) is 0 Å². The molecule has 1 aliphatic heterocycles. The van der Waals surface area contributed by atoms with Gasteiger partial charge >= 0.3 is 0 Å². The van der Waals surface area contributed by atoms with Crippen LogP contribution in [-0.4, -0.2) is 18.8 Å². The molecule has 0 aliphatic carbocycles. The minimum absolute atomic E-state index is 0.314. The normalized spacial score (nSPS) is 25.5. The van der Waals surface area contributed by atoms with Crippen LogP contribution in [0.3, 0.4) is 0 Å². The van der Waals surface area contributed by atoms with Crippen LogP contribution in [0, 0.1) is 6.92 Å². The minimum atomic E-state index is 0.314. The Morgan fingerprint density at radius 3 is 2.87 bits per heavy atom. The van der Waals surface area contributed by atoms with Gasteiger partial charge in [0.2, 0.25) is 0 Å². The first kappa shape index (κ1) is 11.0. The molecule has 1 N–H and O–H groups in total. The lowest BCUT2D eigenvalue weighted by atomic mass is 10.1. The first-order valence-electron chi connectivity index (χ1n) is 5.31. The molecule has 1 aromatic carbocycles. The van der Waals surface area contributed by atoms with Crippen molar-refractivity contribution in [2.75, 3.05) is 11.9 Å². The third-order valence-electron chi connectivity index (χ3n) is 2.89. The predicted octanol–water partition coefficient (Wildman–Crippen LogP) is 3.35. The van der Waals surface area contributed by atoms with Gasteiger partial charge in [0, 0.05) is 16.8 Å². The zero-order valence-corrected chi connectivity index (χ0v) is 10.7. The van der Waals surface area contributed by atoms with E-state index in [1.165, 1.54) is 11.3 Å². The molecule has 2 unspecified atom stereocenters. The zero-order valence-electron chi connectivity index (χ0n) is 9.09. The number of halogens is 1. The van der Waals surface area contributed by atoms with Gasteiger partial charge in [-0.05, 0) is 44.0 Å². The largest absolute Gasteiger partial charge is 0.380 e. The van der Waals surface area contributed by atoms with Gasteiger partial charge in [-0.25, -0.2) is 0 Å². The minimum Gasteiger partial charge on any atom is -0.380 e. The molecule has 1 aliphatic rings. The lowest BCUT2D eigenvalue weighted by Gasteiger charge is -2.17. The first-order chi connectivity index (χ1) is 7.16. The standard InChI is InChI=1S/C12H16BrNO/c1-8-7-10(3-4-11(8)13)14-12-5-6-15-9(12)2/h3-4,7,9,12,14H,5-6H2,1-2H3. The molecule has 0 spiro atoms. The van der Waals surface area contributed by atoms with E-state index < -0.39 is 0 Å². The summed E-state index contributed by atoms with van der Waals surface area (Å²) in [6.45, 7) is 5.09. The average Bonchev–Trinajstić information content (AvgIpc) is 2.59. The Morgan fingerprint density at radius 1 is 1.47 bits per heavy atom. The third-order valence-corrected chi connectivity index (χ3v) is 3.78. The summed E-state index contributed by atoms with van der Waals surface area (Å²) in [7, 11) is 0. The van der Waals surface area contributed by atoms with E-state index in [-0.39, 0.29) is 0 Å². The topological polar surface area (TPSA) is 21.3 Å². The van der Waals surface area contributed by atoms with Crippen LogP contribution in [-0.2, 0) is 4.74 Å². The number of aryl methyl sites for hydroxylation is 1. The number of rotatable bonds is 2. The summed E-state index contributed by atoms with van der Waals surface area (Å²) in [4.78, 5) is 0. The van der Waals surface area contributed by atoms with Crippen molar-refractivity contribution in [1.29, 1.82) is 0 Å². The fraction of sp³-hybridized carbons (Fsp3) is 0.500. The lowest BCUT2D eigenvalue weighted by Crippen LogP contribution is -2.26. The molecule has 0 radical (unpaired) electrons. The predicted molar refractivity (Wildman–Crippen MR) is 66.3 cm³/mol. The fourth-order valence-corrected chi connectivity index (χ4v) is 2.12. The Bertz CT molecular complexity index is 353. The van der Waals surface area contributed by atoms with Gasteiger partial charge in [0.25, 0.3) is 0 Å². The number of anilines is 1. The van der Waals surface area contributed by atoms with E-state index in [4.69, 9.17) is 4.74 Å². The van der Waals surface area contributed by atoms with Crippen molar-refractivity contribution in [3.8, 4) is 0 Å². The molecular formula is C12H16BrNO. The van der Waals surface area contributed by atoms with Gasteiger partial charge in [-0.2, -0.15) is 0 Å². The average molecular weight is 270 g/mol. The molecule has 15 heavy (non-hydrogen) atoms. The summed E-state index contributed by atoms with van der Waals surface area (Å²) in [5.41, 5.74) is 2.43. The van der Waals surface area contributed by atoms with Crippen LogP contribution >= 0.6 is 15.9 Å². The quantitative estimate of drug-likeness (QED) is 0.889. The van der Waals surface area contributed by atoms with E-state index in [1.54, 1.807) is 0 Å².